The Morgan fingerprint density at radius 2 is 1.80 bits per heavy atom. The highest BCUT2D eigenvalue weighted by molar-refractivity contribution is 14.1. The largest absolute Gasteiger partial charge is 0.375 e. The highest BCUT2D eigenvalue weighted by atomic mass is 127. The van der Waals surface area contributed by atoms with Crippen molar-refractivity contribution in [2.24, 2.45) is 0 Å². The Hall–Kier alpha value is -1.61. The lowest BCUT2D eigenvalue weighted by molar-refractivity contribution is -0.114. The molecular formula is C18H21IN2O3S. The van der Waals surface area contributed by atoms with Gasteiger partial charge in [0, 0.05) is 15.5 Å². The van der Waals surface area contributed by atoms with E-state index in [1.165, 1.54) is 6.26 Å². The summed E-state index contributed by atoms with van der Waals surface area (Å²) in [5, 5.41) is 5.76. The second kappa shape index (κ2) is 8.18. The lowest BCUT2D eigenvalue weighted by atomic mass is 10.1. The molecule has 0 fully saturated rings. The molecule has 0 heterocycles. The van der Waals surface area contributed by atoms with Crippen LogP contribution in [0.1, 0.15) is 18.1 Å². The van der Waals surface area contributed by atoms with Crippen molar-refractivity contribution in [2.45, 2.75) is 25.2 Å². The van der Waals surface area contributed by atoms with E-state index in [4.69, 9.17) is 0 Å². The fourth-order valence-electron chi connectivity index (χ4n) is 2.38. The lowest BCUT2D eigenvalue weighted by Crippen LogP contribution is -2.23. The smallest absolute Gasteiger partial charge is 0.243 e. The Balaban J connectivity index is 2.11. The van der Waals surface area contributed by atoms with E-state index in [-0.39, 0.29) is 17.3 Å². The van der Waals surface area contributed by atoms with E-state index < -0.39 is 9.84 Å². The summed E-state index contributed by atoms with van der Waals surface area (Å²) in [4.78, 5) is 12.4. The molecule has 0 saturated carbocycles. The number of sulfone groups is 1. The zero-order valence-corrected chi connectivity index (χ0v) is 17.4. The van der Waals surface area contributed by atoms with Crippen LogP contribution in [0.15, 0.2) is 41.3 Å². The number of rotatable bonds is 6. The molecule has 0 saturated heterocycles. The molecule has 0 aliphatic heterocycles. The molecule has 0 atom stereocenters. The Bertz CT molecular complexity index is 895. The van der Waals surface area contributed by atoms with Crippen LogP contribution < -0.4 is 10.6 Å². The first kappa shape index (κ1) is 19.7. The predicted molar refractivity (Wildman–Crippen MR) is 110 cm³/mol. The molecule has 2 N–H and O–H groups in total. The maximum Gasteiger partial charge on any atom is 0.243 e. The molecule has 0 bridgehead atoms. The van der Waals surface area contributed by atoms with Gasteiger partial charge in [-0.2, -0.15) is 0 Å². The molecule has 0 aliphatic rings. The minimum atomic E-state index is -3.38. The lowest BCUT2D eigenvalue weighted by Gasteiger charge is -2.13. The maximum atomic E-state index is 12.2. The van der Waals surface area contributed by atoms with Gasteiger partial charge < -0.3 is 10.6 Å². The van der Waals surface area contributed by atoms with Gasteiger partial charge in [-0.3, -0.25) is 4.79 Å². The van der Waals surface area contributed by atoms with Crippen molar-refractivity contribution in [3.05, 3.63) is 51.1 Å². The van der Waals surface area contributed by atoms with Crippen LogP contribution in [0.3, 0.4) is 0 Å². The van der Waals surface area contributed by atoms with Crippen LogP contribution >= 0.6 is 22.6 Å². The van der Waals surface area contributed by atoms with E-state index in [1.807, 2.05) is 38.1 Å². The second-order valence-corrected chi connectivity index (χ2v) is 9.05. The number of nitrogens with one attached hydrogen (secondary N) is 2. The van der Waals surface area contributed by atoms with E-state index in [9.17, 15) is 13.2 Å². The van der Waals surface area contributed by atoms with E-state index in [2.05, 4.69) is 33.2 Å². The first-order chi connectivity index (χ1) is 11.7. The highest BCUT2D eigenvalue weighted by Gasteiger charge is 2.15. The predicted octanol–water partition coefficient (Wildman–Crippen LogP) is 3.62. The molecular weight excluding hydrogens is 451 g/mol. The van der Waals surface area contributed by atoms with Gasteiger partial charge in [0.2, 0.25) is 5.91 Å². The molecule has 2 rings (SSSR count). The second-order valence-electron chi connectivity index (χ2n) is 5.82. The van der Waals surface area contributed by atoms with E-state index in [0.29, 0.717) is 5.69 Å². The molecule has 2 aromatic carbocycles. The first-order valence-electron chi connectivity index (χ1n) is 7.83. The first-order valence-corrected chi connectivity index (χ1v) is 10.8. The van der Waals surface area contributed by atoms with E-state index in [1.54, 1.807) is 12.1 Å². The van der Waals surface area contributed by atoms with Gasteiger partial charge in [0.25, 0.3) is 0 Å². The standard InChI is InChI=1S/C18H21IN2O3S/c1-4-13-5-7-16(17(10-13)25(3,23)24)20-11-18(22)21-15-8-6-14(19)9-12(15)2/h5-10,20H,4,11H2,1-3H3,(H,21,22). The van der Waals surface area contributed by atoms with Crippen LogP contribution in [0.2, 0.25) is 0 Å². The SMILES string of the molecule is CCc1ccc(NCC(=O)Nc2ccc(I)cc2C)c(S(C)(=O)=O)c1. The minimum absolute atomic E-state index is 0.0145. The molecule has 2 aromatic rings. The summed E-state index contributed by atoms with van der Waals surface area (Å²) in [6.45, 7) is 3.88. The van der Waals surface area contributed by atoms with Gasteiger partial charge >= 0.3 is 0 Å². The molecule has 5 nitrogen and oxygen atoms in total. The van der Waals surface area contributed by atoms with E-state index in [0.717, 1.165) is 26.8 Å². The topological polar surface area (TPSA) is 75.3 Å². The quantitative estimate of drug-likeness (QED) is 0.630. The van der Waals surface area contributed by atoms with Crippen molar-refractivity contribution < 1.29 is 13.2 Å². The van der Waals surface area contributed by atoms with Crippen molar-refractivity contribution in [1.82, 2.24) is 0 Å². The summed E-state index contributed by atoms with van der Waals surface area (Å²) in [5.74, 6) is -0.233. The van der Waals surface area contributed by atoms with Crippen LogP contribution in [0.25, 0.3) is 0 Å². The number of hydrogen-bond donors (Lipinski definition) is 2. The summed E-state index contributed by atoms with van der Waals surface area (Å²) in [5.41, 5.74) is 3.10. The maximum absolute atomic E-state index is 12.2. The van der Waals surface area contributed by atoms with Gasteiger partial charge in [-0.1, -0.05) is 13.0 Å². The molecule has 0 unspecified atom stereocenters. The molecule has 134 valence electrons. The number of carbonyl (C=O) groups is 1. The Kier molecular flexibility index (Phi) is 6.45. The fourth-order valence-corrected chi connectivity index (χ4v) is 3.93. The molecule has 0 radical (unpaired) electrons. The number of halogens is 1. The molecule has 0 aromatic heterocycles. The van der Waals surface area contributed by atoms with Crippen LogP contribution in [-0.2, 0) is 21.1 Å². The monoisotopic (exact) mass is 472 g/mol. The van der Waals surface area contributed by atoms with Crippen molar-refractivity contribution in [3.63, 3.8) is 0 Å². The van der Waals surface area contributed by atoms with Crippen LogP contribution in [0.5, 0.6) is 0 Å². The molecule has 0 aliphatic carbocycles. The van der Waals surface area contributed by atoms with Crippen LogP contribution in [-0.4, -0.2) is 27.1 Å². The molecule has 7 heteroatoms. The van der Waals surface area contributed by atoms with Gasteiger partial charge in [-0.05, 0) is 77.4 Å². The average Bonchev–Trinajstić information content (AvgIpc) is 2.54. The average molecular weight is 472 g/mol. The third-order valence-electron chi connectivity index (χ3n) is 3.76. The minimum Gasteiger partial charge on any atom is -0.375 e. The van der Waals surface area contributed by atoms with Gasteiger partial charge in [0.1, 0.15) is 0 Å². The number of amides is 1. The van der Waals surface area contributed by atoms with Crippen molar-refractivity contribution >= 4 is 49.7 Å². The number of benzene rings is 2. The summed E-state index contributed by atoms with van der Waals surface area (Å²) < 4.78 is 25.1. The fraction of sp³-hybridized carbons (Fsp3) is 0.278. The highest BCUT2D eigenvalue weighted by Crippen LogP contribution is 2.23. The summed E-state index contributed by atoms with van der Waals surface area (Å²) in [6, 6.07) is 11.0. The van der Waals surface area contributed by atoms with Gasteiger partial charge in [0.05, 0.1) is 17.1 Å². The van der Waals surface area contributed by atoms with Gasteiger partial charge in [-0.25, -0.2) is 8.42 Å². The normalized spacial score (nSPS) is 11.2. The Morgan fingerprint density at radius 1 is 1.12 bits per heavy atom. The van der Waals surface area contributed by atoms with Crippen LogP contribution in [0, 0.1) is 10.5 Å². The zero-order chi connectivity index (χ0) is 18.6. The number of anilines is 2. The number of carbonyl (C=O) groups excluding carboxylic acids is 1. The van der Waals surface area contributed by atoms with Gasteiger partial charge in [0.15, 0.2) is 9.84 Å². The molecule has 1 amide bonds. The third kappa shape index (κ3) is 5.43. The van der Waals surface area contributed by atoms with E-state index >= 15 is 0 Å². The zero-order valence-electron chi connectivity index (χ0n) is 14.4. The summed E-state index contributed by atoms with van der Waals surface area (Å²) in [6.07, 6.45) is 1.91. The summed E-state index contributed by atoms with van der Waals surface area (Å²) in [7, 11) is -3.38. The number of hydrogen-bond acceptors (Lipinski definition) is 4. The summed E-state index contributed by atoms with van der Waals surface area (Å²) >= 11 is 2.21. The van der Waals surface area contributed by atoms with Crippen molar-refractivity contribution in [1.29, 1.82) is 0 Å². The van der Waals surface area contributed by atoms with Crippen LogP contribution in [0.4, 0.5) is 11.4 Å². The van der Waals surface area contributed by atoms with Crippen molar-refractivity contribution in [3.8, 4) is 0 Å². The van der Waals surface area contributed by atoms with Gasteiger partial charge in [-0.15, -0.1) is 0 Å². The molecule has 25 heavy (non-hydrogen) atoms. The Morgan fingerprint density at radius 3 is 2.40 bits per heavy atom. The molecule has 0 spiro atoms. The third-order valence-corrected chi connectivity index (χ3v) is 5.56. The Labute approximate surface area is 162 Å². The number of aryl methyl sites for hydroxylation is 2. The van der Waals surface area contributed by atoms with Crippen molar-refractivity contribution in [2.75, 3.05) is 23.4 Å².